The van der Waals surface area contributed by atoms with Crippen LogP contribution in [0, 0.1) is 0 Å². The lowest BCUT2D eigenvalue weighted by atomic mass is 9.93. The zero-order valence-corrected chi connectivity index (χ0v) is 16.2. The molecule has 0 unspecified atom stereocenters. The van der Waals surface area contributed by atoms with Gasteiger partial charge in [0.05, 0.1) is 11.4 Å². The van der Waals surface area contributed by atoms with E-state index < -0.39 is 0 Å². The van der Waals surface area contributed by atoms with E-state index in [-0.39, 0.29) is 0 Å². The number of H-pyrrole nitrogens is 2. The summed E-state index contributed by atoms with van der Waals surface area (Å²) in [6.07, 6.45) is 8.95. The second-order valence-electron chi connectivity index (χ2n) is 7.09. The Bertz CT molecular complexity index is 964. The van der Waals surface area contributed by atoms with Crippen molar-refractivity contribution in [3.05, 3.63) is 81.7 Å². The standard InChI is InChI=1S/C23H24N4/c1-14-20(16(3)26-22(14)11-18-7-5-9-24-18)13-21-15(2)23(27-17(21)4)12-19-8-6-10-25-19/h5-12,24-25H,13H2,1-4H3/b22-11-,23-12-. The highest BCUT2D eigenvalue weighted by Crippen LogP contribution is 2.35. The van der Waals surface area contributed by atoms with Crippen molar-refractivity contribution in [1.82, 2.24) is 9.97 Å². The fourth-order valence-corrected chi connectivity index (χ4v) is 3.66. The van der Waals surface area contributed by atoms with Gasteiger partial charge in [-0.3, -0.25) is 9.98 Å². The van der Waals surface area contributed by atoms with Crippen molar-refractivity contribution < 1.29 is 0 Å². The van der Waals surface area contributed by atoms with Gasteiger partial charge in [-0.15, -0.1) is 0 Å². The van der Waals surface area contributed by atoms with Gasteiger partial charge in [-0.2, -0.15) is 0 Å². The Kier molecular flexibility index (Phi) is 4.40. The Balaban J connectivity index is 1.65. The van der Waals surface area contributed by atoms with Crippen molar-refractivity contribution in [3.8, 4) is 0 Å². The Hall–Kier alpha value is -3.14. The van der Waals surface area contributed by atoms with Crippen LogP contribution in [0.5, 0.6) is 0 Å². The van der Waals surface area contributed by atoms with Crippen LogP contribution in [-0.4, -0.2) is 21.4 Å². The van der Waals surface area contributed by atoms with Crippen molar-refractivity contribution in [1.29, 1.82) is 0 Å². The van der Waals surface area contributed by atoms with Gasteiger partial charge in [-0.25, -0.2) is 0 Å². The zero-order valence-electron chi connectivity index (χ0n) is 16.2. The maximum atomic E-state index is 4.80. The molecule has 0 fully saturated rings. The molecule has 2 aromatic heterocycles. The minimum Gasteiger partial charge on any atom is -0.362 e. The minimum atomic E-state index is 0.868. The van der Waals surface area contributed by atoms with E-state index in [1.54, 1.807) is 0 Å². The van der Waals surface area contributed by atoms with Gasteiger partial charge in [0, 0.05) is 41.6 Å². The van der Waals surface area contributed by atoms with Gasteiger partial charge in [0.2, 0.25) is 0 Å². The molecule has 0 amide bonds. The van der Waals surface area contributed by atoms with Crippen molar-refractivity contribution in [2.24, 2.45) is 9.98 Å². The second-order valence-corrected chi connectivity index (χ2v) is 7.09. The average molecular weight is 356 g/mol. The summed E-state index contributed by atoms with van der Waals surface area (Å²) in [7, 11) is 0. The number of rotatable bonds is 4. The van der Waals surface area contributed by atoms with E-state index >= 15 is 0 Å². The SMILES string of the molecule is CC1=N/C(=C\c2ccc[nH]2)C(C)=C1CC1=C(C)/C(=C/c2ccc[nH]2)N=C1C. The molecule has 0 saturated heterocycles. The summed E-state index contributed by atoms with van der Waals surface area (Å²) in [5, 5.41) is 0. The summed E-state index contributed by atoms with van der Waals surface area (Å²) in [5.41, 5.74) is 11.5. The Labute approximate surface area is 159 Å². The number of aromatic nitrogens is 2. The Morgan fingerprint density at radius 1 is 0.741 bits per heavy atom. The first-order chi connectivity index (χ1) is 13.0. The Morgan fingerprint density at radius 3 is 1.56 bits per heavy atom. The van der Waals surface area contributed by atoms with Crippen LogP contribution in [0.2, 0.25) is 0 Å². The number of hydrogen-bond acceptors (Lipinski definition) is 2. The molecule has 2 aliphatic heterocycles. The largest absolute Gasteiger partial charge is 0.362 e. The Morgan fingerprint density at radius 2 is 1.19 bits per heavy atom. The predicted octanol–water partition coefficient (Wildman–Crippen LogP) is 5.70. The normalized spacial score (nSPS) is 20.3. The molecular formula is C23H24N4. The summed E-state index contributed by atoms with van der Waals surface area (Å²) in [6.45, 7) is 8.52. The molecule has 2 N–H and O–H groups in total. The highest BCUT2D eigenvalue weighted by atomic mass is 14.8. The molecule has 0 radical (unpaired) electrons. The molecule has 2 aromatic rings. The van der Waals surface area contributed by atoms with E-state index in [9.17, 15) is 0 Å². The van der Waals surface area contributed by atoms with E-state index in [2.05, 4.69) is 61.9 Å². The molecule has 0 saturated carbocycles. The molecule has 0 bridgehead atoms. The summed E-state index contributed by atoms with van der Waals surface area (Å²) in [6, 6.07) is 8.12. The third-order valence-corrected chi connectivity index (χ3v) is 5.31. The van der Waals surface area contributed by atoms with E-state index in [1.807, 2.05) is 24.5 Å². The van der Waals surface area contributed by atoms with E-state index in [0.29, 0.717) is 0 Å². The van der Waals surface area contributed by atoms with Crippen molar-refractivity contribution in [2.45, 2.75) is 34.1 Å². The van der Waals surface area contributed by atoms with Gasteiger partial charge in [0.1, 0.15) is 0 Å². The number of nitrogens with one attached hydrogen (secondary N) is 2. The van der Waals surface area contributed by atoms with Crippen molar-refractivity contribution in [3.63, 3.8) is 0 Å². The summed E-state index contributed by atoms with van der Waals surface area (Å²) < 4.78 is 0. The number of hydrogen-bond donors (Lipinski definition) is 2. The molecule has 0 spiro atoms. The van der Waals surface area contributed by atoms with Crippen LogP contribution in [0.1, 0.15) is 45.5 Å². The minimum absolute atomic E-state index is 0.868. The van der Waals surface area contributed by atoms with Gasteiger partial charge in [0.15, 0.2) is 0 Å². The van der Waals surface area contributed by atoms with Crippen LogP contribution in [0.15, 0.2) is 80.3 Å². The molecular weight excluding hydrogens is 332 g/mol. The first-order valence-corrected chi connectivity index (χ1v) is 9.24. The van der Waals surface area contributed by atoms with Crippen LogP contribution >= 0.6 is 0 Å². The molecule has 4 heterocycles. The van der Waals surface area contributed by atoms with Crippen molar-refractivity contribution in [2.75, 3.05) is 0 Å². The number of nitrogens with zero attached hydrogens (tertiary/aromatic N) is 2. The first kappa shape index (κ1) is 17.3. The average Bonchev–Trinajstić information content (AvgIpc) is 3.40. The number of allylic oxidation sites excluding steroid dienone is 4. The highest BCUT2D eigenvalue weighted by Gasteiger charge is 2.24. The van der Waals surface area contributed by atoms with Crippen LogP contribution in [-0.2, 0) is 0 Å². The maximum Gasteiger partial charge on any atom is 0.0686 e. The van der Waals surface area contributed by atoms with Gasteiger partial charge < -0.3 is 9.97 Å². The molecule has 27 heavy (non-hydrogen) atoms. The van der Waals surface area contributed by atoms with Crippen LogP contribution in [0.25, 0.3) is 12.2 Å². The fourth-order valence-electron chi connectivity index (χ4n) is 3.66. The third kappa shape index (κ3) is 3.31. The van der Waals surface area contributed by atoms with Gasteiger partial charge in [-0.1, -0.05) is 0 Å². The van der Waals surface area contributed by atoms with E-state index in [0.717, 1.165) is 40.6 Å². The lowest BCUT2D eigenvalue weighted by Gasteiger charge is -2.08. The molecule has 0 aromatic carbocycles. The monoisotopic (exact) mass is 356 g/mol. The van der Waals surface area contributed by atoms with Crippen molar-refractivity contribution >= 4 is 23.6 Å². The van der Waals surface area contributed by atoms with Crippen LogP contribution in [0.4, 0.5) is 0 Å². The maximum absolute atomic E-state index is 4.80. The smallest absolute Gasteiger partial charge is 0.0686 e. The molecule has 4 rings (SSSR count). The molecule has 4 heteroatoms. The predicted molar refractivity (Wildman–Crippen MR) is 114 cm³/mol. The molecule has 4 nitrogen and oxygen atoms in total. The lowest BCUT2D eigenvalue weighted by molar-refractivity contribution is 1.19. The van der Waals surface area contributed by atoms with E-state index in [4.69, 9.17) is 9.98 Å². The topological polar surface area (TPSA) is 56.3 Å². The lowest BCUT2D eigenvalue weighted by Crippen LogP contribution is -2.02. The quantitative estimate of drug-likeness (QED) is 0.706. The molecule has 0 atom stereocenters. The third-order valence-electron chi connectivity index (χ3n) is 5.31. The van der Waals surface area contributed by atoms with Crippen LogP contribution < -0.4 is 0 Å². The highest BCUT2D eigenvalue weighted by molar-refractivity contribution is 6.09. The number of aliphatic imine (C=N–C) groups is 2. The van der Waals surface area contributed by atoms with E-state index in [1.165, 1.54) is 22.3 Å². The molecule has 2 aliphatic rings. The van der Waals surface area contributed by atoms with Gasteiger partial charge in [-0.05, 0) is 86.4 Å². The summed E-state index contributed by atoms with van der Waals surface area (Å²) in [5.74, 6) is 0. The first-order valence-electron chi connectivity index (χ1n) is 9.24. The fraction of sp³-hybridized carbons (Fsp3) is 0.217. The molecule has 0 aliphatic carbocycles. The second kappa shape index (κ2) is 6.88. The number of aromatic amines is 2. The van der Waals surface area contributed by atoms with Crippen LogP contribution in [0.3, 0.4) is 0 Å². The zero-order chi connectivity index (χ0) is 19.0. The van der Waals surface area contributed by atoms with Gasteiger partial charge in [0.25, 0.3) is 0 Å². The molecule has 136 valence electrons. The summed E-state index contributed by atoms with van der Waals surface area (Å²) >= 11 is 0. The summed E-state index contributed by atoms with van der Waals surface area (Å²) in [4.78, 5) is 16.0. The van der Waals surface area contributed by atoms with Gasteiger partial charge >= 0.3 is 0 Å².